The molecule has 0 aliphatic carbocycles. The van der Waals surface area contributed by atoms with Crippen LogP contribution in [0.2, 0.25) is 0 Å². The van der Waals surface area contributed by atoms with E-state index in [4.69, 9.17) is 5.73 Å². The third kappa shape index (κ3) is 2.60. The average Bonchev–Trinajstić information content (AvgIpc) is 2.15. The lowest BCUT2D eigenvalue weighted by Gasteiger charge is -2.19. The number of aromatic nitrogens is 1. The zero-order valence-electron chi connectivity index (χ0n) is 10.7. The molecule has 16 heavy (non-hydrogen) atoms. The molecule has 0 radical (unpaired) electrons. The SMILES string of the molecule is CC(C)C(=O)c1ccc(C(C)(C)C)nc1N. The zero-order valence-corrected chi connectivity index (χ0v) is 10.7. The molecular formula is C13H20N2O. The molecule has 0 spiro atoms. The number of hydrogen-bond donors (Lipinski definition) is 1. The van der Waals surface area contributed by atoms with E-state index in [1.165, 1.54) is 0 Å². The summed E-state index contributed by atoms with van der Waals surface area (Å²) in [6.07, 6.45) is 0. The number of hydrogen-bond acceptors (Lipinski definition) is 3. The third-order valence-electron chi connectivity index (χ3n) is 2.48. The van der Waals surface area contributed by atoms with Crippen molar-refractivity contribution in [3.63, 3.8) is 0 Å². The molecule has 1 heterocycles. The van der Waals surface area contributed by atoms with Crippen molar-refractivity contribution in [2.24, 2.45) is 5.92 Å². The molecular weight excluding hydrogens is 200 g/mol. The summed E-state index contributed by atoms with van der Waals surface area (Å²) in [6.45, 7) is 9.93. The minimum absolute atomic E-state index is 0.0467. The summed E-state index contributed by atoms with van der Waals surface area (Å²) in [7, 11) is 0. The van der Waals surface area contributed by atoms with Crippen molar-refractivity contribution in [2.75, 3.05) is 5.73 Å². The van der Waals surface area contributed by atoms with Gasteiger partial charge in [0.1, 0.15) is 5.82 Å². The van der Waals surface area contributed by atoms with E-state index in [2.05, 4.69) is 25.8 Å². The Bertz CT molecular complexity index is 403. The van der Waals surface area contributed by atoms with Crippen molar-refractivity contribution in [1.82, 2.24) is 4.98 Å². The van der Waals surface area contributed by atoms with Gasteiger partial charge in [-0.05, 0) is 12.1 Å². The van der Waals surface area contributed by atoms with Gasteiger partial charge in [0.25, 0.3) is 0 Å². The number of Topliss-reactive ketones (excluding diaryl/α,β-unsaturated/α-hetero) is 1. The van der Waals surface area contributed by atoms with Crippen LogP contribution >= 0.6 is 0 Å². The number of nitrogen functional groups attached to an aromatic ring is 1. The number of carbonyl (C=O) groups excluding carboxylic acids is 1. The van der Waals surface area contributed by atoms with Crippen molar-refractivity contribution in [3.8, 4) is 0 Å². The highest BCUT2D eigenvalue weighted by atomic mass is 16.1. The zero-order chi connectivity index (χ0) is 12.5. The molecule has 3 heteroatoms. The van der Waals surface area contributed by atoms with E-state index < -0.39 is 0 Å². The molecule has 1 aromatic heterocycles. The molecule has 1 aromatic rings. The van der Waals surface area contributed by atoms with Gasteiger partial charge in [0.2, 0.25) is 0 Å². The average molecular weight is 220 g/mol. The molecule has 0 aliphatic rings. The highest BCUT2D eigenvalue weighted by Crippen LogP contribution is 2.23. The number of ketones is 1. The van der Waals surface area contributed by atoms with Gasteiger partial charge in [-0.25, -0.2) is 4.98 Å². The first-order valence-corrected chi connectivity index (χ1v) is 5.54. The molecule has 2 N–H and O–H groups in total. The van der Waals surface area contributed by atoms with E-state index in [9.17, 15) is 4.79 Å². The number of nitrogens with two attached hydrogens (primary N) is 1. The Labute approximate surface area is 97.1 Å². The number of anilines is 1. The molecule has 0 aromatic carbocycles. The van der Waals surface area contributed by atoms with Crippen LogP contribution in [0, 0.1) is 5.92 Å². The van der Waals surface area contributed by atoms with Crippen LogP contribution in [0.15, 0.2) is 12.1 Å². The number of pyridine rings is 1. The first-order chi connectivity index (χ1) is 7.23. The maximum Gasteiger partial charge on any atom is 0.169 e. The molecule has 1 rings (SSSR count). The second-order valence-corrected chi connectivity index (χ2v) is 5.40. The van der Waals surface area contributed by atoms with E-state index in [1.807, 2.05) is 19.9 Å². The van der Waals surface area contributed by atoms with Gasteiger partial charge in [-0.1, -0.05) is 34.6 Å². The summed E-state index contributed by atoms with van der Waals surface area (Å²) in [5.74, 6) is 0.334. The molecule has 3 nitrogen and oxygen atoms in total. The predicted molar refractivity (Wildman–Crippen MR) is 66.5 cm³/mol. The van der Waals surface area contributed by atoms with E-state index in [0.717, 1.165) is 5.69 Å². The van der Waals surface area contributed by atoms with Crippen LogP contribution in [0.4, 0.5) is 5.82 Å². The van der Waals surface area contributed by atoms with Crippen molar-refractivity contribution < 1.29 is 4.79 Å². The van der Waals surface area contributed by atoms with Crippen LogP contribution in [0.5, 0.6) is 0 Å². The molecule has 0 atom stereocenters. The molecule has 0 bridgehead atoms. The van der Waals surface area contributed by atoms with E-state index >= 15 is 0 Å². The fourth-order valence-corrected chi connectivity index (χ4v) is 1.41. The molecule has 0 saturated carbocycles. The summed E-state index contributed by atoms with van der Waals surface area (Å²) in [4.78, 5) is 16.1. The molecule has 0 saturated heterocycles. The van der Waals surface area contributed by atoms with Crippen molar-refractivity contribution in [3.05, 3.63) is 23.4 Å². The molecule has 0 amide bonds. The van der Waals surface area contributed by atoms with Crippen LogP contribution in [0.3, 0.4) is 0 Å². The maximum absolute atomic E-state index is 11.8. The first-order valence-electron chi connectivity index (χ1n) is 5.54. The largest absolute Gasteiger partial charge is 0.383 e. The minimum atomic E-state index is -0.0513. The summed E-state index contributed by atoms with van der Waals surface area (Å²) in [5, 5.41) is 0. The molecule has 0 unspecified atom stereocenters. The van der Waals surface area contributed by atoms with Gasteiger partial charge in [0.05, 0.1) is 5.56 Å². The first kappa shape index (κ1) is 12.7. The Morgan fingerprint density at radius 2 is 1.88 bits per heavy atom. The van der Waals surface area contributed by atoms with Crippen molar-refractivity contribution in [2.45, 2.75) is 40.0 Å². The Morgan fingerprint density at radius 3 is 2.25 bits per heavy atom. The van der Waals surface area contributed by atoms with Gasteiger partial charge < -0.3 is 5.73 Å². The highest BCUT2D eigenvalue weighted by Gasteiger charge is 2.19. The summed E-state index contributed by atoms with van der Waals surface area (Å²) < 4.78 is 0. The van der Waals surface area contributed by atoms with Crippen molar-refractivity contribution >= 4 is 11.6 Å². The van der Waals surface area contributed by atoms with E-state index in [-0.39, 0.29) is 17.1 Å². The summed E-state index contributed by atoms with van der Waals surface area (Å²) in [6, 6.07) is 3.66. The van der Waals surface area contributed by atoms with Crippen LogP contribution in [0.25, 0.3) is 0 Å². The molecule has 0 aliphatic heterocycles. The van der Waals surface area contributed by atoms with Gasteiger partial charge in [-0.3, -0.25) is 4.79 Å². The second-order valence-electron chi connectivity index (χ2n) is 5.40. The molecule has 88 valence electrons. The smallest absolute Gasteiger partial charge is 0.169 e. The van der Waals surface area contributed by atoms with Gasteiger partial charge >= 0.3 is 0 Å². The maximum atomic E-state index is 11.8. The van der Waals surface area contributed by atoms with Gasteiger partial charge in [-0.2, -0.15) is 0 Å². The highest BCUT2D eigenvalue weighted by molar-refractivity contribution is 6.01. The summed E-state index contributed by atoms with van der Waals surface area (Å²) >= 11 is 0. The fraction of sp³-hybridized carbons (Fsp3) is 0.538. The monoisotopic (exact) mass is 220 g/mol. The Kier molecular flexibility index (Phi) is 3.36. The lowest BCUT2D eigenvalue weighted by atomic mass is 9.90. The fourth-order valence-electron chi connectivity index (χ4n) is 1.41. The van der Waals surface area contributed by atoms with E-state index in [0.29, 0.717) is 11.4 Å². The van der Waals surface area contributed by atoms with Crippen LogP contribution < -0.4 is 5.73 Å². The van der Waals surface area contributed by atoms with Gasteiger partial charge in [-0.15, -0.1) is 0 Å². The number of nitrogens with zero attached hydrogens (tertiary/aromatic N) is 1. The molecule has 0 fully saturated rings. The number of carbonyl (C=O) groups is 1. The Hall–Kier alpha value is -1.38. The second kappa shape index (κ2) is 4.24. The Balaban J connectivity index is 3.15. The predicted octanol–water partition coefficient (Wildman–Crippen LogP) is 2.80. The topological polar surface area (TPSA) is 56.0 Å². The lowest BCUT2D eigenvalue weighted by molar-refractivity contribution is 0.0940. The lowest BCUT2D eigenvalue weighted by Crippen LogP contribution is -2.17. The normalized spacial score (nSPS) is 11.9. The number of rotatable bonds is 2. The van der Waals surface area contributed by atoms with Gasteiger partial charge in [0.15, 0.2) is 5.78 Å². The van der Waals surface area contributed by atoms with E-state index in [1.54, 1.807) is 6.07 Å². The standard InChI is InChI=1S/C13H20N2O/c1-8(2)11(16)9-6-7-10(13(3,4)5)15-12(9)14/h6-8H,1-5H3,(H2,14,15). The van der Waals surface area contributed by atoms with Crippen LogP contribution in [-0.2, 0) is 5.41 Å². The third-order valence-corrected chi connectivity index (χ3v) is 2.48. The Morgan fingerprint density at radius 1 is 1.31 bits per heavy atom. The van der Waals surface area contributed by atoms with Crippen molar-refractivity contribution in [1.29, 1.82) is 0 Å². The quantitative estimate of drug-likeness (QED) is 0.780. The van der Waals surface area contributed by atoms with Crippen LogP contribution in [-0.4, -0.2) is 10.8 Å². The summed E-state index contributed by atoms with van der Waals surface area (Å²) in [5.41, 5.74) is 7.21. The van der Waals surface area contributed by atoms with Crippen LogP contribution in [0.1, 0.15) is 50.7 Å². The minimum Gasteiger partial charge on any atom is -0.383 e. The van der Waals surface area contributed by atoms with Gasteiger partial charge in [0, 0.05) is 17.0 Å².